The number of benzene rings is 4. The van der Waals surface area contributed by atoms with Crippen molar-refractivity contribution in [1.29, 1.82) is 0 Å². The molecule has 2 unspecified atom stereocenters. The van der Waals surface area contributed by atoms with Crippen molar-refractivity contribution in [3.63, 3.8) is 0 Å². The van der Waals surface area contributed by atoms with E-state index in [0.29, 0.717) is 153 Å². The molecule has 4 atom stereocenters. The monoisotopic (exact) mass is 1510 g/mol. The van der Waals surface area contributed by atoms with Crippen LogP contribution >= 0.6 is 0 Å². The van der Waals surface area contributed by atoms with Gasteiger partial charge in [0, 0.05) is 139 Å². The average molecular weight is 1510 g/mol. The Morgan fingerprint density at radius 3 is 1.61 bits per heavy atom. The molecular weight excluding hydrogens is 1420 g/mol. The molecule has 582 valence electrons. The van der Waals surface area contributed by atoms with Crippen LogP contribution in [0.25, 0.3) is 0 Å². The number of ether oxygens (including phenoxy) is 5. The minimum absolute atomic E-state index is 0.0129. The Morgan fingerprint density at radius 1 is 0.568 bits per heavy atom. The first-order valence-electron chi connectivity index (χ1n) is 37.6. The first kappa shape index (κ1) is 78.5. The van der Waals surface area contributed by atoms with Gasteiger partial charge in [0.2, 0.25) is 11.8 Å². The van der Waals surface area contributed by atoms with Crippen LogP contribution in [0.3, 0.4) is 0 Å². The fourth-order valence-corrected chi connectivity index (χ4v) is 14.6. The van der Waals surface area contributed by atoms with E-state index in [4.69, 9.17) is 35.2 Å². The molecule has 28 heteroatoms. The summed E-state index contributed by atoms with van der Waals surface area (Å²) in [6.07, 6.45) is 17.4. The maximum atomic E-state index is 14.2. The lowest BCUT2D eigenvalue weighted by Crippen LogP contribution is -2.57. The minimum Gasteiger partial charge on any atom is -0.493 e. The Morgan fingerprint density at radius 2 is 1.07 bits per heavy atom. The van der Waals surface area contributed by atoms with Crippen molar-refractivity contribution in [2.75, 3.05) is 77.2 Å². The predicted molar refractivity (Wildman–Crippen MR) is 422 cm³/mol. The number of nitrogens with one attached hydrogen (secondary N) is 4. The highest BCUT2D eigenvalue weighted by Crippen LogP contribution is 2.41. The van der Waals surface area contributed by atoms with Crippen molar-refractivity contribution in [2.45, 2.75) is 135 Å². The summed E-state index contributed by atoms with van der Waals surface area (Å²) in [5, 5.41) is 11.4. The fraction of sp³-hybridized carbons (Fsp3) is 0.373. The van der Waals surface area contributed by atoms with Gasteiger partial charge in [0.15, 0.2) is 24.1 Å². The average Bonchev–Trinajstić information content (AvgIpc) is 1.61. The summed E-state index contributed by atoms with van der Waals surface area (Å²) < 4.78 is 37.0. The second-order valence-electron chi connectivity index (χ2n) is 28.7. The van der Waals surface area contributed by atoms with E-state index in [9.17, 15) is 43.2 Å². The topological polar surface area (TPSA) is 342 Å². The zero-order valence-electron chi connectivity index (χ0n) is 63.5. The van der Waals surface area contributed by atoms with Gasteiger partial charge in [-0.2, -0.15) is 0 Å². The van der Waals surface area contributed by atoms with Crippen molar-refractivity contribution in [3.8, 4) is 11.5 Å². The summed E-state index contributed by atoms with van der Waals surface area (Å²) in [6, 6.07) is 27.1. The molecule has 28 nitrogen and oxygen atoms in total. The lowest BCUT2D eigenvalue weighted by atomic mass is 10.00. The quantitative estimate of drug-likeness (QED) is 0.0127. The van der Waals surface area contributed by atoms with Gasteiger partial charge in [-0.15, -0.1) is 0 Å². The molecule has 0 bridgehead atoms. The molecule has 0 aliphatic carbocycles. The molecule has 13 rings (SSSR count). The number of rotatable bonds is 26. The number of nitrogen functional groups attached to an aromatic ring is 2. The van der Waals surface area contributed by atoms with Crippen molar-refractivity contribution in [1.82, 2.24) is 28.1 Å². The molecule has 0 spiro atoms. The first-order chi connectivity index (χ1) is 53.4. The third-order valence-corrected chi connectivity index (χ3v) is 20.3. The third kappa shape index (κ3) is 19.2. The highest BCUT2D eigenvalue weighted by Gasteiger charge is 2.47. The molecule has 4 aromatic carbocycles. The van der Waals surface area contributed by atoms with Gasteiger partial charge in [-0.05, 0) is 192 Å². The molecular formula is C83H96N14O14. The Kier molecular flexibility index (Phi) is 25.2. The Labute approximate surface area is 644 Å². The zero-order chi connectivity index (χ0) is 78.6. The Bertz CT molecular complexity index is 4850. The second-order valence-corrected chi connectivity index (χ2v) is 28.7. The number of fused-ring (bicyclic) bond motifs is 4. The Balaban J connectivity index is 0.000000212. The van der Waals surface area contributed by atoms with E-state index in [1.807, 2.05) is 42.0 Å². The number of hydrogen-bond acceptors (Lipinski definition) is 17. The van der Waals surface area contributed by atoms with Gasteiger partial charge in [-0.1, -0.05) is 12.7 Å². The first-order valence-corrected chi connectivity index (χ1v) is 37.6. The normalized spacial score (nSPS) is 17.1. The number of anilines is 7. The van der Waals surface area contributed by atoms with E-state index in [-0.39, 0.29) is 91.9 Å². The van der Waals surface area contributed by atoms with Gasteiger partial charge in [-0.25, -0.2) is 9.69 Å². The van der Waals surface area contributed by atoms with Gasteiger partial charge >= 0.3 is 6.09 Å². The highest BCUT2D eigenvalue weighted by molar-refractivity contribution is 6.08. The van der Waals surface area contributed by atoms with E-state index in [1.54, 1.807) is 156 Å². The SMILES string of the molecule is C=CCOC(=O)N1c2cc(OCCCC(=O)Nc3cc(C(=O)Cc4cc(C(=O)Nc5ccc(N)cc5)n(C)c4)n(C)c3)c(C)cc2C(=O)N2CCCC[C@H]2C1OC1CCCCO1.Cc1cc2c(cc1OCCCC(=O)Nc1cc(C(=O)Cc3cc(C(=O)Nc4ccc(N)cc4)n(C)c3)n(C)c1)N=C[C@@H]1CCCCN1C2=O. The lowest BCUT2D eigenvalue weighted by Gasteiger charge is -2.42. The zero-order valence-corrected chi connectivity index (χ0v) is 63.5. The summed E-state index contributed by atoms with van der Waals surface area (Å²) in [7, 11) is 6.97. The van der Waals surface area contributed by atoms with E-state index in [2.05, 4.69) is 32.8 Å². The van der Waals surface area contributed by atoms with E-state index < -0.39 is 24.7 Å². The number of nitrogens with two attached hydrogens (primary N) is 2. The number of hydrogen-bond donors (Lipinski definition) is 6. The van der Waals surface area contributed by atoms with Crippen LogP contribution in [0.5, 0.6) is 11.5 Å². The van der Waals surface area contributed by atoms with E-state index >= 15 is 0 Å². The van der Waals surface area contributed by atoms with Crippen LogP contribution in [0.15, 0.2) is 139 Å². The van der Waals surface area contributed by atoms with Crippen molar-refractivity contribution >= 4 is 105 Å². The van der Waals surface area contributed by atoms with Gasteiger partial charge in [0.1, 0.15) is 29.5 Å². The number of piperidine rings is 2. The standard InChI is InChI=1S/C46H55N7O9.C37H41N7O5/c1-5-19-61-46(58)53-36-26-40(29(2)22-34(36)44(57)52-18-8-6-11-35(52)45(53)62-42-13-7-9-20-60-42)59-21-10-12-41(55)48-33-25-37(51(4)28-33)39(54)24-30-23-38(50(3)27-30)43(56)49-32-16-14-31(47)15-17-32;1-23-15-29-30(39-20-28-7-4-5-13-44(28)37(29)48)19-34(23)49-14-6-8-35(46)40-27-18-31(43(3)22-27)33(45)17-24-16-32(42(2)21-24)36(47)41-26-11-9-25(38)10-12-26/h5,14-17,22-23,25-28,35,42,45H,1,6-13,18-21,24,47H2,2-4H3,(H,48,55)(H,49,56);9-12,15-16,18-22,28H,4-8,13-14,17,38H2,1-3H3,(H,40,46)(H,41,47)/t35-,42?,45?;28-/m00/s1. The maximum absolute atomic E-state index is 14.2. The van der Waals surface area contributed by atoms with Crippen LogP contribution in [0.2, 0.25) is 0 Å². The minimum atomic E-state index is -0.861. The van der Waals surface area contributed by atoms with Crippen LogP contribution in [0, 0.1) is 13.8 Å². The number of nitrogens with zero attached hydrogens (tertiary/aromatic N) is 8. The molecule has 3 fully saturated rings. The number of aryl methyl sites for hydroxylation is 6. The number of ketones is 2. The van der Waals surface area contributed by atoms with Crippen molar-refractivity contribution in [2.24, 2.45) is 33.2 Å². The summed E-state index contributed by atoms with van der Waals surface area (Å²) in [6.45, 7) is 9.72. The summed E-state index contributed by atoms with van der Waals surface area (Å²) in [5.41, 5.74) is 21.3. The highest BCUT2D eigenvalue weighted by atomic mass is 16.7. The molecule has 8 aromatic rings. The summed E-state index contributed by atoms with van der Waals surface area (Å²) in [4.78, 5) is 129. The van der Waals surface area contributed by atoms with E-state index in [0.717, 1.165) is 57.1 Å². The smallest absolute Gasteiger partial charge is 0.416 e. The van der Waals surface area contributed by atoms with Crippen LogP contribution in [-0.4, -0.2) is 152 Å². The molecule has 9 heterocycles. The number of aromatic nitrogens is 4. The van der Waals surface area contributed by atoms with Gasteiger partial charge in [0.05, 0.1) is 70.6 Å². The van der Waals surface area contributed by atoms with Gasteiger partial charge < -0.3 is 84.5 Å². The molecule has 0 saturated carbocycles. The second kappa shape index (κ2) is 35.5. The van der Waals surface area contributed by atoms with E-state index in [1.165, 1.54) is 11.0 Å². The maximum Gasteiger partial charge on any atom is 0.416 e. The molecule has 4 aromatic heterocycles. The van der Waals surface area contributed by atoms with Crippen molar-refractivity contribution in [3.05, 3.63) is 191 Å². The molecule has 111 heavy (non-hydrogen) atoms. The van der Waals surface area contributed by atoms with Crippen LogP contribution in [0.1, 0.15) is 168 Å². The fourth-order valence-electron chi connectivity index (χ4n) is 14.6. The van der Waals surface area contributed by atoms with Crippen molar-refractivity contribution < 1.29 is 66.8 Å². The van der Waals surface area contributed by atoms with Gasteiger partial charge in [-0.3, -0.25) is 43.3 Å². The van der Waals surface area contributed by atoms with Crippen LogP contribution in [-0.2, 0) is 64.8 Å². The molecule has 7 amide bonds. The Hall–Kier alpha value is -12.0. The number of carbonyl (C=O) groups excluding carboxylic acids is 9. The summed E-state index contributed by atoms with van der Waals surface area (Å²) >= 11 is 0. The van der Waals surface area contributed by atoms with Crippen LogP contribution in [0.4, 0.5) is 50.3 Å². The number of amides is 7. The number of aliphatic imine (C=N–C) groups is 1. The lowest BCUT2D eigenvalue weighted by molar-refractivity contribution is -0.198. The number of carbonyl (C=O) groups is 9. The molecule has 5 aliphatic rings. The molecule has 0 radical (unpaired) electrons. The predicted octanol–water partition coefficient (Wildman–Crippen LogP) is 12.2. The largest absolute Gasteiger partial charge is 0.493 e. The number of Topliss-reactive ketones (excluding diaryl/α,β-unsaturated/α-hetero) is 2. The molecule has 3 saturated heterocycles. The van der Waals surface area contributed by atoms with Gasteiger partial charge in [0.25, 0.3) is 23.6 Å². The molecule has 5 aliphatic heterocycles. The third-order valence-electron chi connectivity index (χ3n) is 20.3. The summed E-state index contributed by atoms with van der Waals surface area (Å²) in [5.74, 6) is -0.489. The van der Waals surface area contributed by atoms with Crippen LogP contribution < -0.4 is 47.1 Å². The molecule has 8 N–H and O–H groups in total.